The molecular weight excluding hydrogens is 344 g/mol. The number of carbonyl (C=O) groups excluding carboxylic acids is 1. The molecule has 0 heterocycles. The lowest BCUT2D eigenvalue weighted by atomic mass is 9.85. The summed E-state index contributed by atoms with van der Waals surface area (Å²) in [6, 6.07) is 1.41. The summed E-state index contributed by atoms with van der Waals surface area (Å²) in [5.41, 5.74) is -1.61. The van der Waals surface area contributed by atoms with E-state index in [9.17, 15) is 27.2 Å². The van der Waals surface area contributed by atoms with Crippen molar-refractivity contribution in [3.05, 3.63) is 35.1 Å². The number of amides is 1. The van der Waals surface area contributed by atoms with E-state index in [0.717, 1.165) is 6.07 Å². The smallest absolute Gasteiger partial charge is 0.416 e. The number of aliphatic carboxylic acids is 1. The minimum absolute atomic E-state index is 0.00959. The van der Waals surface area contributed by atoms with Crippen LogP contribution in [0, 0.1) is 5.82 Å². The van der Waals surface area contributed by atoms with Crippen molar-refractivity contribution in [3.63, 3.8) is 0 Å². The molecule has 1 aromatic carbocycles. The third-order valence-corrected chi connectivity index (χ3v) is 4.20. The highest BCUT2D eigenvalue weighted by Crippen LogP contribution is 2.31. The molecule has 0 unspecified atom stereocenters. The van der Waals surface area contributed by atoms with Crippen LogP contribution in [0.4, 0.5) is 17.6 Å². The first-order chi connectivity index (χ1) is 11.6. The molecule has 0 radical (unpaired) electrons. The fraction of sp³-hybridized carbons (Fsp3) is 0.500. The normalized spacial score (nSPS) is 20.2. The number of hydrogen-bond donors (Lipinski definition) is 2. The minimum atomic E-state index is -4.74. The highest BCUT2D eigenvalue weighted by molar-refractivity contribution is 5.94. The lowest BCUT2D eigenvalue weighted by Gasteiger charge is -2.42. The number of likely N-dealkylation sites (N-methyl/N-ethyl adjacent to an activating group) is 1. The summed E-state index contributed by atoms with van der Waals surface area (Å²) in [5, 5.41) is 11.4. The van der Waals surface area contributed by atoms with Crippen LogP contribution in [0.1, 0.15) is 35.7 Å². The Hall–Kier alpha value is -2.16. The first-order valence-corrected chi connectivity index (χ1v) is 7.74. The molecule has 1 amide bonds. The quantitative estimate of drug-likeness (QED) is 0.763. The van der Waals surface area contributed by atoms with Crippen LogP contribution in [-0.4, -0.2) is 47.1 Å². The summed E-state index contributed by atoms with van der Waals surface area (Å²) in [6.45, 7) is 2.25. The minimum Gasteiger partial charge on any atom is -0.480 e. The van der Waals surface area contributed by atoms with Gasteiger partial charge in [-0.15, -0.1) is 0 Å². The van der Waals surface area contributed by atoms with Crippen molar-refractivity contribution < 1.29 is 32.3 Å². The highest BCUT2D eigenvalue weighted by Gasteiger charge is 2.36. The van der Waals surface area contributed by atoms with Gasteiger partial charge in [-0.25, -0.2) is 4.39 Å². The van der Waals surface area contributed by atoms with Gasteiger partial charge in [0.2, 0.25) is 0 Å². The predicted octanol–water partition coefficient (Wildman–Crippen LogP) is 2.51. The maximum Gasteiger partial charge on any atom is 0.416 e. The van der Waals surface area contributed by atoms with E-state index in [2.05, 4.69) is 5.32 Å². The van der Waals surface area contributed by atoms with Crippen LogP contribution in [0.25, 0.3) is 0 Å². The molecule has 1 aliphatic rings. The molecule has 5 nitrogen and oxygen atoms in total. The second-order valence-corrected chi connectivity index (χ2v) is 5.98. The number of nitrogens with one attached hydrogen (secondary N) is 1. The van der Waals surface area contributed by atoms with E-state index in [4.69, 9.17) is 5.11 Å². The molecule has 25 heavy (non-hydrogen) atoms. The predicted molar refractivity (Wildman–Crippen MR) is 80.6 cm³/mol. The average molecular weight is 362 g/mol. The van der Waals surface area contributed by atoms with E-state index in [0.29, 0.717) is 31.5 Å². The van der Waals surface area contributed by atoms with Gasteiger partial charge >= 0.3 is 12.1 Å². The average Bonchev–Trinajstić information content (AvgIpc) is 2.46. The van der Waals surface area contributed by atoms with Crippen molar-refractivity contribution in [2.45, 2.75) is 38.0 Å². The third kappa shape index (κ3) is 4.91. The van der Waals surface area contributed by atoms with Crippen LogP contribution in [0.15, 0.2) is 18.2 Å². The molecule has 0 atom stereocenters. The molecule has 1 aliphatic carbocycles. The van der Waals surface area contributed by atoms with E-state index >= 15 is 0 Å². The Morgan fingerprint density at radius 2 is 1.92 bits per heavy atom. The summed E-state index contributed by atoms with van der Waals surface area (Å²) in [6.07, 6.45) is -3.75. The van der Waals surface area contributed by atoms with Crippen LogP contribution >= 0.6 is 0 Å². The fourth-order valence-electron chi connectivity index (χ4n) is 2.83. The van der Waals surface area contributed by atoms with E-state index in [-0.39, 0.29) is 18.6 Å². The second-order valence-electron chi connectivity index (χ2n) is 5.98. The lowest BCUT2D eigenvalue weighted by molar-refractivity contribution is -0.139. The van der Waals surface area contributed by atoms with Gasteiger partial charge in [0.1, 0.15) is 5.82 Å². The van der Waals surface area contributed by atoms with Crippen LogP contribution in [0.3, 0.4) is 0 Å². The Balaban J connectivity index is 1.96. The highest BCUT2D eigenvalue weighted by atomic mass is 19.4. The number of rotatable bonds is 6. The molecule has 1 saturated carbocycles. The summed E-state index contributed by atoms with van der Waals surface area (Å²) < 4.78 is 51.4. The van der Waals surface area contributed by atoms with Crippen LogP contribution in [0.5, 0.6) is 0 Å². The monoisotopic (exact) mass is 362 g/mol. The first kappa shape index (κ1) is 19.2. The zero-order valence-corrected chi connectivity index (χ0v) is 13.4. The van der Waals surface area contributed by atoms with Gasteiger partial charge in [-0.05, 0) is 37.6 Å². The second kappa shape index (κ2) is 7.38. The maximum absolute atomic E-state index is 13.3. The molecule has 0 aliphatic heterocycles. The number of halogens is 4. The van der Waals surface area contributed by atoms with Gasteiger partial charge in [0.15, 0.2) is 0 Å². The Kier molecular flexibility index (Phi) is 5.66. The summed E-state index contributed by atoms with van der Waals surface area (Å²) >= 11 is 0. The molecule has 2 rings (SSSR count). The van der Waals surface area contributed by atoms with Crippen molar-refractivity contribution in [2.24, 2.45) is 0 Å². The molecule has 0 saturated heterocycles. The Morgan fingerprint density at radius 1 is 1.28 bits per heavy atom. The molecule has 138 valence electrons. The molecule has 0 aromatic heterocycles. The van der Waals surface area contributed by atoms with E-state index in [1.807, 2.05) is 6.92 Å². The molecule has 0 spiro atoms. The van der Waals surface area contributed by atoms with Crippen LogP contribution < -0.4 is 5.32 Å². The van der Waals surface area contributed by atoms with Gasteiger partial charge in [-0.3, -0.25) is 14.5 Å². The topological polar surface area (TPSA) is 69.6 Å². The number of benzene rings is 1. The number of carboxylic acids is 1. The first-order valence-electron chi connectivity index (χ1n) is 7.74. The summed E-state index contributed by atoms with van der Waals surface area (Å²) in [5.74, 6) is -2.87. The Bertz CT molecular complexity index is 657. The van der Waals surface area contributed by atoms with Gasteiger partial charge in [0.25, 0.3) is 5.91 Å². The van der Waals surface area contributed by atoms with Crippen molar-refractivity contribution in [2.75, 3.05) is 13.1 Å². The fourth-order valence-corrected chi connectivity index (χ4v) is 2.83. The third-order valence-electron chi connectivity index (χ3n) is 4.20. The zero-order valence-electron chi connectivity index (χ0n) is 13.4. The van der Waals surface area contributed by atoms with Gasteiger partial charge in [-0.1, -0.05) is 6.92 Å². The largest absolute Gasteiger partial charge is 0.480 e. The number of alkyl halides is 3. The van der Waals surface area contributed by atoms with Gasteiger partial charge in [0, 0.05) is 17.6 Å². The Labute approximate surface area is 141 Å². The Morgan fingerprint density at radius 3 is 2.44 bits per heavy atom. The van der Waals surface area contributed by atoms with E-state index in [1.165, 1.54) is 0 Å². The molecule has 9 heteroatoms. The molecule has 1 aromatic rings. The lowest BCUT2D eigenvalue weighted by Crippen LogP contribution is -2.54. The number of carboxylic acid groups (broad SMARTS) is 1. The van der Waals surface area contributed by atoms with Gasteiger partial charge in [-0.2, -0.15) is 13.2 Å². The van der Waals surface area contributed by atoms with Crippen LogP contribution in [0.2, 0.25) is 0 Å². The van der Waals surface area contributed by atoms with Crippen molar-refractivity contribution in [1.29, 1.82) is 0 Å². The summed E-state index contributed by atoms with van der Waals surface area (Å²) in [4.78, 5) is 24.6. The summed E-state index contributed by atoms with van der Waals surface area (Å²) in [7, 11) is 0. The van der Waals surface area contributed by atoms with Gasteiger partial charge < -0.3 is 10.4 Å². The number of hydrogen-bond acceptors (Lipinski definition) is 3. The SMILES string of the molecule is CCN(CC(=O)O)C1CC(NC(=O)c2cc(F)cc(C(F)(F)F)c2)C1. The molecule has 2 N–H and O–H groups in total. The maximum atomic E-state index is 13.3. The van der Waals surface area contributed by atoms with E-state index < -0.39 is 35.0 Å². The van der Waals surface area contributed by atoms with Gasteiger partial charge in [0.05, 0.1) is 12.1 Å². The van der Waals surface area contributed by atoms with Crippen molar-refractivity contribution >= 4 is 11.9 Å². The van der Waals surface area contributed by atoms with Crippen molar-refractivity contribution in [1.82, 2.24) is 10.2 Å². The van der Waals surface area contributed by atoms with E-state index in [1.54, 1.807) is 4.90 Å². The molecule has 0 bridgehead atoms. The van der Waals surface area contributed by atoms with Crippen molar-refractivity contribution in [3.8, 4) is 0 Å². The number of carbonyl (C=O) groups is 2. The standard InChI is InChI=1S/C16H18F4N2O3/c1-2-22(8-14(23)24)13-6-12(7-13)21-15(25)9-3-10(16(18,19)20)5-11(17)4-9/h3-5,12-13H,2,6-8H2,1H3,(H,21,25)(H,23,24). The zero-order chi connectivity index (χ0) is 18.8. The number of nitrogens with zero attached hydrogens (tertiary/aromatic N) is 1. The molecular formula is C16H18F4N2O3. The van der Waals surface area contributed by atoms with Crippen LogP contribution in [-0.2, 0) is 11.0 Å². The molecule has 1 fully saturated rings.